The smallest absolute Gasteiger partial charge is 0.333 e. The SMILES string of the molecule is C=C(C)C(=O)OCC.C[NH+](C)CC(=O)[O-]. The van der Waals surface area contributed by atoms with Crippen molar-refractivity contribution in [1.29, 1.82) is 0 Å². The lowest BCUT2D eigenvalue weighted by Crippen LogP contribution is -3.07. The predicted molar refractivity (Wildman–Crippen MR) is 54.1 cm³/mol. The van der Waals surface area contributed by atoms with Crippen molar-refractivity contribution in [2.45, 2.75) is 13.8 Å². The largest absolute Gasteiger partial charge is 0.544 e. The number of ether oxygens (including phenoxy) is 1. The Kier molecular flexibility index (Phi) is 9.87. The van der Waals surface area contributed by atoms with E-state index in [1.165, 1.54) is 0 Å². The van der Waals surface area contributed by atoms with Crippen molar-refractivity contribution in [3.05, 3.63) is 12.2 Å². The Morgan fingerprint density at radius 1 is 1.40 bits per heavy atom. The average molecular weight is 217 g/mol. The molecule has 88 valence electrons. The van der Waals surface area contributed by atoms with Crippen molar-refractivity contribution < 1.29 is 24.3 Å². The molecule has 0 heterocycles. The molecule has 0 unspecified atom stereocenters. The average Bonchev–Trinajstić information content (AvgIpc) is 2.02. The Hall–Kier alpha value is -1.36. The molecule has 1 N–H and O–H groups in total. The Labute approximate surface area is 90.3 Å². The number of nitrogens with one attached hydrogen (secondary N) is 1. The first-order valence-electron chi connectivity index (χ1n) is 4.62. The third-order valence-corrected chi connectivity index (χ3v) is 1.12. The van der Waals surface area contributed by atoms with Gasteiger partial charge in [-0.15, -0.1) is 0 Å². The molecule has 5 heteroatoms. The van der Waals surface area contributed by atoms with Gasteiger partial charge < -0.3 is 19.5 Å². The lowest BCUT2D eigenvalue weighted by atomic mass is 10.4. The summed E-state index contributed by atoms with van der Waals surface area (Å²) >= 11 is 0. The van der Waals surface area contributed by atoms with E-state index < -0.39 is 5.97 Å². The highest BCUT2D eigenvalue weighted by molar-refractivity contribution is 5.86. The number of carbonyl (C=O) groups excluding carboxylic acids is 2. The van der Waals surface area contributed by atoms with Crippen LogP contribution in [0.4, 0.5) is 0 Å². The van der Waals surface area contributed by atoms with Gasteiger partial charge in [-0.2, -0.15) is 0 Å². The molecule has 0 aliphatic heterocycles. The first-order valence-corrected chi connectivity index (χ1v) is 4.62. The molecule has 0 saturated carbocycles. The highest BCUT2D eigenvalue weighted by Gasteiger charge is 1.98. The first-order chi connectivity index (χ1) is 6.81. The van der Waals surface area contributed by atoms with Crippen LogP contribution in [0.3, 0.4) is 0 Å². The van der Waals surface area contributed by atoms with Crippen molar-refractivity contribution in [2.24, 2.45) is 0 Å². The van der Waals surface area contributed by atoms with E-state index in [9.17, 15) is 14.7 Å². The van der Waals surface area contributed by atoms with Crippen LogP contribution < -0.4 is 10.0 Å². The van der Waals surface area contributed by atoms with Crippen LogP contribution in [0.25, 0.3) is 0 Å². The van der Waals surface area contributed by atoms with E-state index in [0.717, 1.165) is 4.90 Å². The molecule has 15 heavy (non-hydrogen) atoms. The van der Waals surface area contributed by atoms with Crippen LogP contribution >= 0.6 is 0 Å². The maximum absolute atomic E-state index is 10.4. The van der Waals surface area contributed by atoms with Gasteiger partial charge in [-0.25, -0.2) is 4.79 Å². The molecule has 0 amide bonds. The lowest BCUT2D eigenvalue weighted by Gasteiger charge is -2.05. The number of quaternary nitrogens is 1. The summed E-state index contributed by atoms with van der Waals surface area (Å²) in [6, 6.07) is 0. The van der Waals surface area contributed by atoms with Gasteiger partial charge in [-0.1, -0.05) is 6.58 Å². The highest BCUT2D eigenvalue weighted by atomic mass is 16.5. The number of carboxylic acids is 1. The molecule has 0 spiro atoms. The molecule has 0 atom stereocenters. The molecular weight excluding hydrogens is 198 g/mol. The van der Waals surface area contributed by atoms with Gasteiger partial charge in [0.15, 0.2) is 0 Å². The molecule has 5 nitrogen and oxygen atoms in total. The van der Waals surface area contributed by atoms with E-state index in [-0.39, 0.29) is 12.5 Å². The number of aliphatic carboxylic acids is 1. The van der Waals surface area contributed by atoms with Crippen LogP contribution in [0.15, 0.2) is 12.2 Å². The second kappa shape index (κ2) is 9.21. The summed E-state index contributed by atoms with van der Waals surface area (Å²) in [4.78, 5) is 21.0. The van der Waals surface area contributed by atoms with Gasteiger partial charge in [0, 0.05) is 5.57 Å². The number of carboxylic acid groups (broad SMARTS) is 1. The summed E-state index contributed by atoms with van der Waals surface area (Å²) in [6.07, 6.45) is 0. The van der Waals surface area contributed by atoms with Gasteiger partial charge in [-0.05, 0) is 13.8 Å². The summed E-state index contributed by atoms with van der Waals surface area (Å²) in [7, 11) is 3.52. The van der Waals surface area contributed by atoms with Crippen molar-refractivity contribution in [3.8, 4) is 0 Å². The third kappa shape index (κ3) is 15.4. The van der Waals surface area contributed by atoms with Crippen LogP contribution in [0.1, 0.15) is 13.8 Å². The number of hydrogen-bond acceptors (Lipinski definition) is 4. The monoisotopic (exact) mass is 217 g/mol. The maximum Gasteiger partial charge on any atom is 0.333 e. The third-order valence-electron chi connectivity index (χ3n) is 1.12. The Balaban J connectivity index is 0. The molecule has 0 aliphatic rings. The lowest BCUT2D eigenvalue weighted by molar-refractivity contribution is -0.852. The van der Waals surface area contributed by atoms with Crippen molar-refractivity contribution >= 4 is 11.9 Å². The molecule has 0 rings (SSSR count). The van der Waals surface area contributed by atoms with Gasteiger partial charge in [0.2, 0.25) is 0 Å². The normalized spacial score (nSPS) is 8.87. The summed E-state index contributed by atoms with van der Waals surface area (Å²) in [5, 5.41) is 9.68. The number of carbonyl (C=O) groups is 2. The molecule has 0 aromatic carbocycles. The van der Waals surface area contributed by atoms with E-state index in [1.54, 1.807) is 27.9 Å². The van der Waals surface area contributed by atoms with Crippen LogP contribution in [-0.2, 0) is 14.3 Å². The van der Waals surface area contributed by atoms with Crippen LogP contribution in [0.2, 0.25) is 0 Å². The minimum atomic E-state index is -1.000. The number of esters is 1. The minimum Gasteiger partial charge on any atom is -0.544 e. The van der Waals surface area contributed by atoms with E-state index in [4.69, 9.17) is 0 Å². The zero-order chi connectivity index (χ0) is 12.4. The Morgan fingerprint density at radius 3 is 1.93 bits per heavy atom. The van der Waals surface area contributed by atoms with Crippen LogP contribution in [0.5, 0.6) is 0 Å². The molecule has 0 aromatic heterocycles. The molecular formula is C10H19NO4. The molecule has 0 aromatic rings. The first kappa shape index (κ1) is 16.1. The fourth-order valence-corrected chi connectivity index (χ4v) is 0.543. The van der Waals surface area contributed by atoms with Gasteiger partial charge in [-0.3, -0.25) is 0 Å². The van der Waals surface area contributed by atoms with Crippen LogP contribution in [0, 0.1) is 0 Å². The number of likely N-dealkylation sites (N-methyl/N-ethyl adjacent to an activating group) is 1. The Morgan fingerprint density at radius 2 is 1.87 bits per heavy atom. The van der Waals surface area contributed by atoms with E-state index >= 15 is 0 Å². The second-order valence-electron chi connectivity index (χ2n) is 3.26. The zero-order valence-electron chi connectivity index (χ0n) is 9.75. The Bertz CT molecular complexity index is 223. The van der Waals surface area contributed by atoms with Gasteiger partial charge in [0.1, 0.15) is 6.54 Å². The molecule has 0 fully saturated rings. The molecule has 0 bridgehead atoms. The van der Waals surface area contributed by atoms with Gasteiger partial charge in [0.05, 0.1) is 26.7 Å². The predicted octanol–water partition coefficient (Wildman–Crippen LogP) is -1.99. The standard InChI is InChI=1S/C6H10O2.C4H9NO2/c1-4-8-6(7)5(2)3;1-5(2)3-4(6)7/h2,4H2,1,3H3;3H2,1-2H3,(H,6,7). The zero-order valence-corrected chi connectivity index (χ0v) is 9.75. The molecule has 0 saturated heterocycles. The second-order valence-corrected chi connectivity index (χ2v) is 3.26. The summed E-state index contributed by atoms with van der Waals surface area (Å²) < 4.78 is 4.56. The molecule has 0 radical (unpaired) electrons. The quantitative estimate of drug-likeness (QED) is 0.437. The number of rotatable bonds is 4. The summed E-state index contributed by atoms with van der Waals surface area (Å²) in [5.74, 6) is -1.31. The van der Waals surface area contributed by atoms with E-state index in [1.807, 2.05) is 0 Å². The van der Waals surface area contributed by atoms with Crippen molar-refractivity contribution in [1.82, 2.24) is 0 Å². The highest BCUT2D eigenvalue weighted by Crippen LogP contribution is 1.89. The van der Waals surface area contributed by atoms with Crippen molar-refractivity contribution in [3.63, 3.8) is 0 Å². The van der Waals surface area contributed by atoms with Gasteiger partial charge >= 0.3 is 5.97 Å². The topological polar surface area (TPSA) is 70.9 Å². The van der Waals surface area contributed by atoms with Gasteiger partial charge in [0.25, 0.3) is 0 Å². The molecule has 0 aliphatic carbocycles. The summed E-state index contributed by atoms with van der Waals surface area (Å²) in [6.45, 7) is 7.29. The van der Waals surface area contributed by atoms with E-state index in [2.05, 4.69) is 11.3 Å². The number of hydrogen-bond donors (Lipinski definition) is 1. The van der Waals surface area contributed by atoms with Crippen LogP contribution in [-0.4, -0.2) is 39.2 Å². The summed E-state index contributed by atoms with van der Waals surface area (Å²) in [5.41, 5.74) is 0.451. The minimum absolute atomic E-state index is 0.0833. The fraction of sp³-hybridized carbons (Fsp3) is 0.600. The van der Waals surface area contributed by atoms with E-state index in [0.29, 0.717) is 12.2 Å². The van der Waals surface area contributed by atoms with Crippen molar-refractivity contribution in [2.75, 3.05) is 27.2 Å². The fourth-order valence-electron chi connectivity index (χ4n) is 0.543. The maximum atomic E-state index is 10.4.